The Labute approximate surface area is 160 Å². The van der Waals surface area contributed by atoms with Crippen LogP contribution < -0.4 is 11.2 Å². The molecule has 2 aromatic carbocycles. The molecule has 0 unspecified atom stereocenters. The first kappa shape index (κ1) is 19.7. The predicted octanol–water partition coefficient (Wildman–Crippen LogP) is 3.33. The zero-order valence-corrected chi connectivity index (χ0v) is 15.1. The number of hydrogen-bond donors (Lipinski definition) is 2. The summed E-state index contributed by atoms with van der Waals surface area (Å²) >= 11 is 0.917. The van der Waals surface area contributed by atoms with E-state index < -0.39 is 40.1 Å². The van der Waals surface area contributed by atoms with Crippen LogP contribution in [0.3, 0.4) is 0 Å². The Balaban J connectivity index is 1.73. The molecule has 28 heavy (non-hydrogen) atoms. The van der Waals surface area contributed by atoms with Crippen LogP contribution >= 0.6 is 11.8 Å². The van der Waals surface area contributed by atoms with Gasteiger partial charge in [0.1, 0.15) is 5.82 Å². The second kappa shape index (κ2) is 7.89. The summed E-state index contributed by atoms with van der Waals surface area (Å²) < 4.78 is 54.1. The first-order chi connectivity index (χ1) is 13.3. The van der Waals surface area contributed by atoms with E-state index in [1.807, 2.05) is 0 Å². The van der Waals surface area contributed by atoms with Crippen LogP contribution in [0.2, 0.25) is 0 Å². The molecule has 11 heteroatoms. The number of aromatic nitrogens is 3. The van der Waals surface area contributed by atoms with Crippen LogP contribution in [0.25, 0.3) is 11.4 Å². The molecule has 1 atom stereocenters. The minimum Gasteiger partial charge on any atom is -0.335 e. The number of nitrogens with two attached hydrogens (primary N) is 1. The predicted molar refractivity (Wildman–Crippen MR) is 95.8 cm³/mol. The second-order valence-electron chi connectivity index (χ2n) is 5.66. The normalized spacial score (nSPS) is 12.0. The number of halogens is 4. The van der Waals surface area contributed by atoms with Crippen LogP contribution in [0, 0.1) is 23.3 Å². The molecule has 3 aromatic rings. The number of carbonyl (C=O) groups excluding carboxylic acids is 1. The molecule has 3 rings (SSSR count). The minimum atomic E-state index is -1.68. The number of benzene rings is 2. The van der Waals surface area contributed by atoms with Crippen LogP contribution in [0.4, 0.5) is 23.2 Å². The molecule has 1 heterocycles. The summed E-state index contributed by atoms with van der Waals surface area (Å²) in [6.45, 7) is 1.49. The highest BCUT2D eigenvalue weighted by atomic mass is 32.2. The van der Waals surface area contributed by atoms with Gasteiger partial charge in [-0.05, 0) is 43.3 Å². The summed E-state index contributed by atoms with van der Waals surface area (Å²) in [6, 6.07) is 7.04. The van der Waals surface area contributed by atoms with Gasteiger partial charge in [-0.2, -0.15) is 0 Å². The Morgan fingerprint density at radius 2 is 1.75 bits per heavy atom. The summed E-state index contributed by atoms with van der Waals surface area (Å²) in [5, 5.41) is 9.33. The number of hydrogen-bond acceptors (Lipinski definition) is 5. The van der Waals surface area contributed by atoms with Gasteiger partial charge in [0.05, 0.1) is 10.9 Å². The van der Waals surface area contributed by atoms with Gasteiger partial charge in [0.25, 0.3) is 0 Å². The molecule has 146 valence electrons. The highest BCUT2D eigenvalue weighted by Gasteiger charge is 2.22. The Bertz CT molecular complexity index is 1030. The number of amides is 1. The Kier molecular flexibility index (Phi) is 5.54. The fourth-order valence-electron chi connectivity index (χ4n) is 2.22. The molecule has 0 aliphatic rings. The van der Waals surface area contributed by atoms with Crippen molar-refractivity contribution in [2.45, 2.75) is 17.3 Å². The van der Waals surface area contributed by atoms with E-state index in [2.05, 4.69) is 15.5 Å². The van der Waals surface area contributed by atoms with Crippen LogP contribution in [0.15, 0.2) is 41.6 Å². The molecule has 1 aromatic heterocycles. The molecular weight excluding hydrogens is 398 g/mol. The molecule has 1 amide bonds. The smallest absolute Gasteiger partial charge is 0.237 e. The number of nitrogen functional groups attached to an aromatic ring is 1. The van der Waals surface area contributed by atoms with E-state index in [9.17, 15) is 22.4 Å². The van der Waals surface area contributed by atoms with Crippen molar-refractivity contribution in [3.63, 3.8) is 0 Å². The number of nitrogens with one attached hydrogen (secondary N) is 1. The summed E-state index contributed by atoms with van der Waals surface area (Å²) in [5.41, 5.74) is 0.0294. The lowest BCUT2D eigenvalue weighted by Gasteiger charge is -2.12. The van der Waals surface area contributed by atoms with Crippen molar-refractivity contribution >= 4 is 23.4 Å². The summed E-state index contributed by atoms with van der Waals surface area (Å²) in [7, 11) is 0. The van der Waals surface area contributed by atoms with E-state index in [4.69, 9.17) is 5.84 Å². The van der Waals surface area contributed by atoms with Crippen LogP contribution in [-0.2, 0) is 4.79 Å². The van der Waals surface area contributed by atoms with Crippen molar-refractivity contribution in [1.29, 1.82) is 0 Å². The zero-order chi connectivity index (χ0) is 20.4. The van der Waals surface area contributed by atoms with Crippen molar-refractivity contribution in [3.05, 3.63) is 59.7 Å². The van der Waals surface area contributed by atoms with Gasteiger partial charge >= 0.3 is 0 Å². The lowest BCUT2D eigenvalue weighted by molar-refractivity contribution is -0.115. The summed E-state index contributed by atoms with van der Waals surface area (Å²) in [6.07, 6.45) is 0. The minimum absolute atomic E-state index is 0.174. The molecule has 0 fully saturated rings. The van der Waals surface area contributed by atoms with E-state index in [0.717, 1.165) is 22.5 Å². The zero-order valence-electron chi connectivity index (χ0n) is 14.3. The van der Waals surface area contributed by atoms with E-state index in [-0.39, 0.29) is 11.0 Å². The summed E-state index contributed by atoms with van der Waals surface area (Å²) in [5.74, 6) is 0.551. The van der Waals surface area contributed by atoms with Crippen molar-refractivity contribution in [2.75, 3.05) is 11.2 Å². The topological polar surface area (TPSA) is 85.8 Å². The van der Waals surface area contributed by atoms with Crippen molar-refractivity contribution in [1.82, 2.24) is 14.9 Å². The first-order valence-corrected chi connectivity index (χ1v) is 8.73. The quantitative estimate of drug-likeness (QED) is 0.291. The molecular formula is C17H13F4N5OS. The molecule has 0 aliphatic heterocycles. The van der Waals surface area contributed by atoms with Gasteiger partial charge in [-0.15, -0.1) is 10.2 Å². The Morgan fingerprint density at radius 1 is 1.07 bits per heavy atom. The highest BCUT2D eigenvalue weighted by molar-refractivity contribution is 8.00. The first-order valence-electron chi connectivity index (χ1n) is 7.85. The fraction of sp³-hybridized carbons (Fsp3) is 0.118. The van der Waals surface area contributed by atoms with Crippen LogP contribution in [0.5, 0.6) is 0 Å². The second-order valence-corrected chi connectivity index (χ2v) is 6.96. The Hall–Kier alpha value is -3.08. The van der Waals surface area contributed by atoms with Gasteiger partial charge in [0, 0.05) is 5.56 Å². The van der Waals surface area contributed by atoms with Crippen molar-refractivity contribution in [3.8, 4) is 11.4 Å². The molecule has 3 N–H and O–H groups in total. The van der Waals surface area contributed by atoms with Crippen LogP contribution in [-0.4, -0.2) is 26.0 Å². The van der Waals surface area contributed by atoms with E-state index in [0.29, 0.717) is 11.6 Å². The van der Waals surface area contributed by atoms with Gasteiger partial charge in [0.2, 0.25) is 11.1 Å². The number of nitrogens with zero attached hydrogens (tertiary/aromatic N) is 3. The third-order valence-corrected chi connectivity index (χ3v) is 4.77. The summed E-state index contributed by atoms with van der Waals surface area (Å²) in [4.78, 5) is 12.2. The Morgan fingerprint density at radius 3 is 2.43 bits per heavy atom. The highest BCUT2D eigenvalue weighted by Crippen LogP contribution is 2.26. The standard InChI is InChI=1S/C17H13F4N5OS/c1-8(16(27)23-12-7-6-11(19)13(20)14(12)21)28-17-25-24-15(26(17)22)9-2-4-10(18)5-3-9/h2-8H,22H2,1H3,(H,23,27)/t8-/m1/s1. The number of anilines is 1. The molecule has 0 spiro atoms. The van der Waals surface area contributed by atoms with Gasteiger partial charge in [-0.25, -0.2) is 22.2 Å². The maximum atomic E-state index is 13.7. The van der Waals surface area contributed by atoms with Crippen LogP contribution in [0.1, 0.15) is 6.92 Å². The van der Waals surface area contributed by atoms with E-state index in [1.54, 1.807) is 0 Å². The average Bonchev–Trinajstić information content (AvgIpc) is 3.03. The maximum absolute atomic E-state index is 13.7. The molecule has 0 saturated heterocycles. The number of carbonyl (C=O) groups is 1. The largest absolute Gasteiger partial charge is 0.335 e. The van der Waals surface area contributed by atoms with E-state index >= 15 is 0 Å². The van der Waals surface area contributed by atoms with Gasteiger partial charge in [0.15, 0.2) is 23.3 Å². The lowest BCUT2D eigenvalue weighted by Crippen LogP contribution is -2.24. The monoisotopic (exact) mass is 411 g/mol. The molecule has 0 aliphatic carbocycles. The van der Waals surface area contributed by atoms with E-state index in [1.165, 1.54) is 31.2 Å². The van der Waals surface area contributed by atoms with Crippen molar-refractivity contribution < 1.29 is 22.4 Å². The van der Waals surface area contributed by atoms with Crippen molar-refractivity contribution in [2.24, 2.45) is 0 Å². The molecule has 0 radical (unpaired) electrons. The third kappa shape index (κ3) is 3.93. The van der Waals surface area contributed by atoms with Gasteiger partial charge in [-0.3, -0.25) is 4.79 Å². The lowest BCUT2D eigenvalue weighted by atomic mass is 10.2. The molecule has 0 bridgehead atoms. The maximum Gasteiger partial charge on any atom is 0.237 e. The van der Waals surface area contributed by atoms with Gasteiger partial charge in [-0.1, -0.05) is 11.8 Å². The molecule has 0 saturated carbocycles. The van der Waals surface area contributed by atoms with Gasteiger partial charge < -0.3 is 11.2 Å². The third-order valence-electron chi connectivity index (χ3n) is 3.71. The number of rotatable bonds is 5. The molecule has 6 nitrogen and oxygen atoms in total. The fourth-order valence-corrected chi connectivity index (χ4v) is 2.99. The number of thioether (sulfide) groups is 1. The SMILES string of the molecule is C[C@@H](Sc1nnc(-c2ccc(F)cc2)n1N)C(=O)Nc1ccc(F)c(F)c1F. The average molecular weight is 411 g/mol.